The second kappa shape index (κ2) is 7.06. The van der Waals surface area contributed by atoms with Gasteiger partial charge in [-0.2, -0.15) is 0 Å². The lowest BCUT2D eigenvalue weighted by atomic mass is 10.1. The standard InChI is InChI=1S/C18H18N2O4S/c1-4-10(2)24-14-6-5-12(7-13(14)15-8-19-9-23-15)17-20-11(3)16(25-17)18(21)22/h5-10H,4H2,1-3H3,(H,21,22)/t10-/m1/s1. The molecule has 0 unspecified atom stereocenters. The van der Waals surface area contributed by atoms with Crippen molar-refractivity contribution in [2.45, 2.75) is 33.3 Å². The summed E-state index contributed by atoms with van der Waals surface area (Å²) in [6.45, 7) is 5.75. The highest BCUT2D eigenvalue weighted by molar-refractivity contribution is 7.17. The first-order valence-corrected chi connectivity index (χ1v) is 8.72. The average Bonchev–Trinajstić information content (AvgIpc) is 3.24. The summed E-state index contributed by atoms with van der Waals surface area (Å²) in [6, 6.07) is 5.63. The molecule has 1 aromatic carbocycles. The van der Waals surface area contributed by atoms with Gasteiger partial charge in [0.05, 0.1) is 23.6 Å². The topological polar surface area (TPSA) is 85.5 Å². The number of carboxylic acid groups (broad SMARTS) is 1. The zero-order valence-electron chi connectivity index (χ0n) is 14.1. The van der Waals surface area contributed by atoms with Gasteiger partial charge in [-0.3, -0.25) is 0 Å². The minimum Gasteiger partial charge on any atom is -0.490 e. The summed E-state index contributed by atoms with van der Waals surface area (Å²) < 4.78 is 11.4. The smallest absolute Gasteiger partial charge is 0.347 e. The van der Waals surface area contributed by atoms with Gasteiger partial charge in [0, 0.05) is 5.56 Å². The van der Waals surface area contributed by atoms with E-state index < -0.39 is 5.97 Å². The van der Waals surface area contributed by atoms with Crippen LogP contribution < -0.4 is 4.74 Å². The molecule has 0 aliphatic carbocycles. The predicted octanol–water partition coefficient (Wildman–Crippen LogP) is 4.65. The van der Waals surface area contributed by atoms with Crippen LogP contribution in [0.5, 0.6) is 5.75 Å². The lowest BCUT2D eigenvalue weighted by molar-refractivity contribution is 0.0701. The monoisotopic (exact) mass is 358 g/mol. The number of thiazole rings is 1. The van der Waals surface area contributed by atoms with Gasteiger partial charge in [0.25, 0.3) is 0 Å². The SMILES string of the molecule is CC[C@@H](C)Oc1ccc(-c2nc(C)c(C(=O)O)s2)cc1-c1cnco1. The van der Waals surface area contributed by atoms with Gasteiger partial charge in [0.15, 0.2) is 12.2 Å². The number of rotatable bonds is 6. The Morgan fingerprint density at radius 2 is 2.24 bits per heavy atom. The van der Waals surface area contributed by atoms with Crippen molar-refractivity contribution < 1.29 is 19.1 Å². The maximum atomic E-state index is 11.3. The second-order valence-corrected chi connectivity index (χ2v) is 6.65. The van der Waals surface area contributed by atoms with Gasteiger partial charge in [-0.25, -0.2) is 14.8 Å². The summed E-state index contributed by atoms with van der Waals surface area (Å²) in [6.07, 6.45) is 3.93. The lowest BCUT2D eigenvalue weighted by Gasteiger charge is -2.15. The fraction of sp³-hybridized carbons (Fsp3) is 0.278. The molecule has 0 saturated carbocycles. The number of oxazole rings is 1. The summed E-state index contributed by atoms with van der Waals surface area (Å²) in [7, 11) is 0. The summed E-state index contributed by atoms with van der Waals surface area (Å²) in [5.41, 5.74) is 2.08. The van der Waals surface area contributed by atoms with Crippen molar-refractivity contribution in [1.29, 1.82) is 0 Å². The molecule has 0 saturated heterocycles. The van der Waals surface area contributed by atoms with Crippen LogP contribution in [0.3, 0.4) is 0 Å². The third-order valence-electron chi connectivity index (χ3n) is 3.82. The Bertz CT molecular complexity index is 887. The Labute approximate surface area is 149 Å². The number of benzene rings is 1. The first-order valence-electron chi connectivity index (χ1n) is 7.90. The Morgan fingerprint density at radius 3 is 2.84 bits per heavy atom. The first-order chi connectivity index (χ1) is 12.0. The van der Waals surface area contributed by atoms with Gasteiger partial charge in [-0.05, 0) is 38.5 Å². The van der Waals surface area contributed by atoms with E-state index in [-0.39, 0.29) is 11.0 Å². The number of aromatic carboxylic acids is 1. The number of carbonyl (C=O) groups is 1. The Hall–Kier alpha value is -2.67. The Kier molecular flexibility index (Phi) is 4.85. The summed E-state index contributed by atoms with van der Waals surface area (Å²) in [4.78, 5) is 19.9. The van der Waals surface area contributed by atoms with E-state index >= 15 is 0 Å². The van der Waals surface area contributed by atoms with Crippen LogP contribution in [0, 0.1) is 6.92 Å². The molecule has 2 aromatic heterocycles. The average molecular weight is 358 g/mol. The minimum absolute atomic E-state index is 0.0632. The molecule has 1 atom stereocenters. The minimum atomic E-state index is -0.964. The lowest BCUT2D eigenvalue weighted by Crippen LogP contribution is -2.10. The summed E-state index contributed by atoms with van der Waals surface area (Å²) in [5, 5.41) is 9.87. The number of aryl methyl sites for hydroxylation is 1. The molecule has 25 heavy (non-hydrogen) atoms. The molecule has 0 amide bonds. The third-order valence-corrected chi connectivity index (χ3v) is 5.01. The van der Waals surface area contributed by atoms with Crippen molar-refractivity contribution in [2.24, 2.45) is 0 Å². The highest BCUT2D eigenvalue weighted by Crippen LogP contribution is 2.36. The van der Waals surface area contributed by atoms with E-state index in [2.05, 4.69) is 16.9 Å². The van der Waals surface area contributed by atoms with Crippen LogP contribution >= 0.6 is 11.3 Å². The van der Waals surface area contributed by atoms with Gasteiger partial charge < -0.3 is 14.3 Å². The molecule has 0 aliphatic rings. The highest BCUT2D eigenvalue weighted by Gasteiger charge is 2.18. The van der Waals surface area contributed by atoms with Crippen molar-refractivity contribution in [3.63, 3.8) is 0 Å². The van der Waals surface area contributed by atoms with E-state index in [1.54, 1.807) is 13.1 Å². The second-order valence-electron chi connectivity index (χ2n) is 5.65. The predicted molar refractivity (Wildman–Crippen MR) is 95.1 cm³/mol. The molecule has 0 fully saturated rings. The van der Waals surface area contributed by atoms with Gasteiger partial charge in [-0.15, -0.1) is 11.3 Å². The zero-order valence-corrected chi connectivity index (χ0v) is 15.0. The largest absolute Gasteiger partial charge is 0.490 e. The number of hydrogen-bond donors (Lipinski definition) is 1. The van der Waals surface area contributed by atoms with Crippen LogP contribution in [0.25, 0.3) is 21.9 Å². The molecule has 2 heterocycles. The molecule has 6 nitrogen and oxygen atoms in total. The molecule has 1 N–H and O–H groups in total. The molecular formula is C18H18N2O4S. The van der Waals surface area contributed by atoms with Gasteiger partial charge in [-0.1, -0.05) is 6.92 Å². The summed E-state index contributed by atoms with van der Waals surface area (Å²) >= 11 is 1.15. The van der Waals surface area contributed by atoms with E-state index in [0.717, 1.165) is 28.9 Å². The fourth-order valence-corrected chi connectivity index (χ4v) is 3.23. The van der Waals surface area contributed by atoms with Crippen molar-refractivity contribution in [3.8, 4) is 27.6 Å². The first kappa shape index (κ1) is 17.2. The normalized spacial score (nSPS) is 12.1. The van der Waals surface area contributed by atoms with Crippen LogP contribution in [0.15, 0.2) is 35.2 Å². The van der Waals surface area contributed by atoms with Crippen LogP contribution in [0.4, 0.5) is 0 Å². The van der Waals surface area contributed by atoms with Crippen LogP contribution in [-0.2, 0) is 0 Å². The van der Waals surface area contributed by atoms with E-state index in [0.29, 0.717) is 22.2 Å². The third kappa shape index (κ3) is 3.56. The van der Waals surface area contributed by atoms with Crippen LogP contribution in [0.2, 0.25) is 0 Å². The quantitative estimate of drug-likeness (QED) is 0.690. The summed E-state index contributed by atoms with van der Waals surface area (Å²) in [5.74, 6) is 0.321. The van der Waals surface area contributed by atoms with Crippen molar-refractivity contribution >= 4 is 17.3 Å². The molecule has 0 radical (unpaired) electrons. The van der Waals surface area contributed by atoms with E-state index in [9.17, 15) is 9.90 Å². The molecular weight excluding hydrogens is 340 g/mol. The van der Waals surface area contributed by atoms with Crippen molar-refractivity contribution in [3.05, 3.63) is 41.4 Å². The number of aromatic nitrogens is 2. The van der Waals surface area contributed by atoms with Gasteiger partial charge in [0.1, 0.15) is 15.6 Å². The van der Waals surface area contributed by atoms with Gasteiger partial charge >= 0.3 is 5.97 Å². The van der Waals surface area contributed by atoms with Crippen LogP contribution in [-0.4, -0.2) is 27.1 Å². The number of ether oxygens (including phenoxy) is 1. The maximum absolute atomic E-state index is 11.3. The molecule has 0 spiro atoms. The van der Waals surface area contributed by atoms with E-state index in [1.165, 1.54) is 6.39 Å². The fourth-order valence-electron chi connectivity index (χ4n) is 2.33. The molecule has 3 aromatic rings. The molecule has 0 aliphatic heterocycles. The molecule has 3 rings (SSSR count). The highest BCUT2D eigenvalue weighted by atomic mass is 32.1. The Balaban J connectivity index is 2.06. The van der Waals surface area contributed by atoms with Crippen LogP contribution in [0.1, 0.15) is 35.6 Å². The molecule has 130 valence electrons. The van der Waals surface area contributed by atoms with Gasteiger partial charge in [0.2, 0.25) is 0 Å². The number of carboxylic acids is 1. The molecule has 0 bridgehead atoms. The van der Waals surface area contributed by atoms with Crippen molar-refractivity contribution in [2.75, 3.05) is 0 Å². The molecule has 7 heteroatoms. The zero-order chi connectivity index (χ0) is 18.0. The van der Waals surface area contributed by atoms with E-state index in [4.69, 9.17) is 9.15 Å². The number of nitrogens with zero attached hydrogens (tertiary/aromatic N) is 2. The Morgan fingerprint density at radius 1 is 1.44 bits per heavy atom. The maximum Gasteiger partial charge on any atom is 0.347 e. The number of hydrogen-bond acceptors (Lipinski definition) is 6. The van der Waals surface area contributed by atoms with E-state index in [1.807, 2.05) is 25.1 Å². The van der Waals surface area contributed by atoms with Crippen molar-refractivity contribution in [1.82, 2.24) is 9.97 Å².